The van der Waals surface area contributed by atoms with E-state index >= 15 is 0 Å². The van der Waals surface area contributed by atoms with Crippen LogP contribution in [0.25, 0.3) is 6.08 Å². The number of ether oxygens (including phenoxy) is 1. The highest BCUT2D eigenvalue weighted by molar-refractivity contribution is 6.74. The highest BCUT2D eigenvalue weighted by Gasteiger charge is 2.38. The van der Waals surface area contributed by atoms with Crippen LogP contribution in [0.3, 0.4) is 0 Å². The Bertz CT molecular complexity index is 938. The third-order valence-corrected chi connectivity index (χ3v) is 10.0. The molecule has 0 bridgehead atoms. The van der Waals surface area contributed by atoms with Gasteiger partial charge < -0.3 is 19.3 Å². The van der Waals surface area contributed by atoms with Crippen LogP contribution in [-0.4, -0.2) is 41.5 Å². The van der Waals surface area contributed by atoms with Gasteiger partial charge in [-0.25, -0.2) is 4.79 Å². The highest BCUT2D eigenvalue weighted by Crippen LogP contribution is 2.36. The molecule has 2 rings (SSSR count). The van der Waals surface area contributed by atoms with Gasteiger partial charge in [-0.05, 0) is 51.3 Å². The predicted molar refractivity (Wildman–Crippen MR) is 122 cm³/mol. The Balaban J connectivity index is 2.15. The van der Waals surface area contributed by atoms with Crippen molar-refractivity contribution in [1.29, 1.82) is 0 Å². The fourth-order valence-corrected chi connectivity index (χ4v) is 3.63. The van der Waals surface area contributed by atoms with Crippen LogP contribution in [0.4, 0.5) is 5.82 Å². The van der Waals surface area contributed by atoms with Crippen LogP contribution in [-0.2, 0) is 20.5 Å². The molecule has 10 heteroatoms. The van der Waals surface area contributed by atoms with Gasteiger partial charge in [-0.15, -0.1) is 0 Å². The average molecular weight is 466 g/mol. The summed E-state index contributed by atoms with van der Waals surface area (Å²) in [6.07, 6.45) is 3.51. The second-order valence-electron chi connectivity index (χ2n) is 8.65. The topological polar surface area (TPSA) is 96.5 Å². The van der Waals surface area contributed by atoms with Crippen LogP contribution < -0.4 is 0 Å². The van der Waals surface area contributed by atoms with Crippen LogP contribution in [0, 0.1) is 10.1 Å². The average Bonchev–Trinajstić information content (AvgIpc) is 3.05. The Morgan fingerprint density at radius 3 is 2.52 bits per heavy atom. The van der Waals surface area contributed by atoms with Crippen LogP contribution in [0.15, 0.2) is 42.6 Å². The summed E-state index contributed by atoms with van der Waals surface area (Å²) in [5.41, 5.74) is 0.863. The SMILES string of the molecule is CC(C)(C)[Si](C)(C)OCC(Cn1cc([N+](=O)[O-])nc1Cl)OC(=O)/C=C/c1ccccc1. The maximum atomic E-state index is 12.4. The number of halogens is 1. The number of imidazole rings is 1. The summed E-state index contributed by atoms with van der Waals surface area (Å²) in [5.74, 6) is -0.914. The lowest BCUT2D eigenvalue weighted by atomic mass is 10.2. The predicted octanol–water partition coefficient (Wildman–Crippen LogP) is 5.09. The van der Waals surface area contributed by atoms with Gasteiger partial charge in [-0.2, -0.15) is 0 Å². The molecule has 8 nitrogen and oxygen atoms in total. The molecular weight excluding hydrogens is 438 g/mol. The molecular formula is C21H28ClN3O5Si. The van der Waals surface area contributed by atoms with E-state index in [4.69, 9.17) is 20.8 Å². The number of esters is 1. The molecule has 1 heterocycles. The fourth-order valence-electron chi connectivity index (χ4n) is 2.39. The van der Waals surface area contributed by atoms with E-state index < -0.39 is 25.3 Å². The zero-order valence-electron chi connectivity index (χ0n) is 18.4. The zero-order valence-corrected chi connectivity index (χ0v) is 20.1. The number of rotatable bonds is 9. The lowest BCUT2D eigenvalue weighted by Gasteiger charge is -2.37. The van der Waals surface area contributed by atoms with E-state index in [9.17, 15) is 14.9 Å². The summed E-state index contributed by atoms with van der Waals surface area (Å²) < 4.78 is 13.2. The molecule has 0 saturated carbocycles. The maximum absolute atomic E-state index is 12.4. The number of carbonyl (C=O) groups excluding carboxylic acids is 1. The van der Waals surface area contributed by atoms with Gasteiger partial charge in [0.05, 0.1) is 13.2 Å². The highest BCUT2D eigenvalue weighted by atomic mass is 35.5. The number of aromatic nitrogens is 2. The smallest absolute Gasteiger partial charge is 0.383 e. The van der Waals surface area contributed by atoms with Gasteiger partial charge >= 0.3 is 17.1 Å². The first kappa shape index (κ1) is 24.8. The first-order chi connectivity index (χ1) is 14.4. The summed E-state index contributed by atoms with van der Waals surface area (Å²) in [4.78, 5) is 26.5. The number of hydrogen-bond acceptors (Lipinski definition) is 6. The summed E-state index contributed by atoms with van der Waals surface area (Å²) in [5, 5.41) is 10.9. The Labute approximate surface area is 188 Å². The first-order valence-corrected chi connectivity index (χ1v) is 13.1. The summed E-state index contributed by atoms with van der Waals surface area (Å²) >= 11 is 6.03. The van der Waals surface area contributed by atoms with Crippen LogP contribution in [0.2, 0.25) is 23.4 Å². The van der Waals surface area contributed by atoms with E-state index in [2.05, 4.69) is 38.8 Å². The van der Waals surface area contributed by atoms with Crippen molar-refractivity contribution in [3.63, 3.8) is 0 Å². The van der Waals surface area contributed by atoms with Gasteiger partial charge in [0.15, 0.2) is 8.32 Å². The molecule has 1 aromatic heterocycles. The lowest BCUT2D eigenvalue weighted by Crippen LogP contribution is -2.43. The molecule has 1 atom stereocenters. The monoisotopic (exact) mass is 465 g/mol. The van der Waals surface area contributed by atoms with Crippen LogP contribution in [0.5, 0.6) is 0 Å². The molecule has 0 saturated heterocycles. The van der Waals surface area contributed by atoms with Gasteiger partial charge in [0.25, 0.3) is 0 Å². The molecule has 168 valence electrons. The molecule has 0 spiro atoms. The van der Waals surface area contributed by atoms with E-state index in [1.54, 1.807) is 6.08 Å². The molecule has 0 N–H and O–H groups in total. The van der Waals surface area contributed by atoms with Gasteiger partial charge in [0.1, 0.15) is 12.3 Å². The number of carbonyl (C=O) groups is 1. The molecule has 0 aliphatic rings. The number of nitrogens with zero attached hydrogens (tertiary/aromatic N) is 3. The van der Waals surface area contributed by atoms with Gasteiger partial charge in [0.2, 0.25) is 0 Å². The van der Waals surface area contributed by atoms with Gasteiger partial charge in [-0.1, -0.05) is 51.1 Å². The summed E-state index contributed by atoms with van der Waals surface area (Å²) in [7, 11) is -2.11. The van der Waals surface area contributed by atoms with E-state index in [0.717, 1.165) is 5.56 Å². The molecule has 0 aliphatic carbocycles. The molecule has 31 heavy (non-hydrogen) atoms. The molecule has 1 aromatic carbocycles. The normalized spacial score (nSPS) is 13.4. The minimum Gasteiger partial charge on any atom is -0.455 e. The van der Waals surface area contributed by atoms with Crippen molar-refractivity contribution < 1.29 is 18.9 Å². The Hall–Kier alpha value is -2.49. The molecule has 0 amide bonds. The lowest BCUT2D eigenvalue weighted by molar-refractivity contribution is -0.389. The largest absolute Gasteiger partial charge is 0.455 e. The van der Waals surface area contributed by atoms with E-state index in [0.29, 0.717) is 0 Å². The second-order valence-corrected chi connectivity index (χ2v) is 13.8. The van der Waals surface area contributed by atoms with Gasteiger partial charge in [0, 0.05) is 6.08 Å². The molecule has 1 unspecified atom stereocenters. The number of nitro groups is 1. The van der Waals surface area contributed by atoms with Crippen molar-refractivity contribution in [2.24, 2.45) is 0 Å². The minimum absolute atomic E-state index is 0.0276. The number of hydrogen-bond donors (Lipinski definition) is 0. The van der Waals surface area contributed by atoms with E-state index in [1.165, 1.54) is 16.8 Å². The van der Waals surface area contributed by atoms with E-state index in [-0.39, 0.29) is 29.3 Å². The Morgan fingerprint density at radius 1 is 1.32 bits per heavy atom. The maximum Gasteiger partial charge on any atom is 0.383 e. The van der Waals surface area contributed by atoms with Gasteiger partial charge in [-0.3, -0.25) is 4.57 Å². The standard InChI is InChI=1S/C21H28ClN3O5Si/c1-21(2,3)31(4,5)29-15-17(13-24-14-18(25(27)28)23-20(24)22)30-19(26)12-11-16-9-7-6-8-10-16/h6-12,14,17H,13,15H2,1-5H3/b12-11+. The van der Waals surface area contributed by atoms with Crippen molar-refractivity contribution in [2.45, 2.75) is 51.6 Å². The third-order valence-electron chi connectivity index (χ3n) is 5.23. The summed E-state index contributed by atoms with van der Waals surface area (Å²) in [6.45, 7) is 10.7. The van der Waals surface area contributed by atoms with Crippen molar-refractivity contribution in [3.8, 4) is 0 Å². The second kappa shape index (κ2) is 10.2. The summed E-state index contributed by atoms with van der Waals surface area (Å²) in [6, 6.07) is 9.36. The fraction of sp³-hybridized carbons (Fsp3) is 0.429. The third kappa shape index (κ3) is 7.30. The Kier molecular flexibility index (Phi) is 8.16. The number of benzene rings is 1. The first-order valence-electron chi connectivity index (χ1n) is 9.84. The van der Waals surface area contributed by atoms with Crippen molar-refractivity contribution in [1.82, 2.24) is 9.55 Å². The van der Waals surface area contributed by atoms with Crippen molar-refractivity contribution in [2.75, 3.05) is 6.61 Å². The molecule has 0 aliphatic heterocycles. The van der Waals surface area contributed by atoms with Crippen LogP contribution >= 0.6 is 11.6 Å². The molecule has 0 fully saturated rings. The quantitative estimate of drug-likeness (QED) is 0.168. The molecule has 2 aromatic rings. The zero-order chi connectivity index (χ0) is 23.2. The Morgan fingerprint density at radius 2 is 1.97 bits per heavy atom. The van der Waals surface area contributed by atoms with Crippen LogP contribution in [0.1, 0.15) is 26.3 Å². The van der Waals surface area contributed by atoms with Crippen molar-refractivity contribution >= 4 is 37.8 Å². The van der Waals surface area contributed by atoms with E-state index in [1.807, 2.05) is 30.3 Å². The minimum atomic E-state index is -2.11. The molecule has 0 radical (unpaired) electrons. The van der Waals surface area contributed by atoms with Crippen molar-refractivity contribution in [3.05, 3.63) is 63.6 Å².